The molecule has 0 bridgehead atoms. The summed E-state index contributed by atoms with van der Waals surface area (Å²) < 4.78 is 17.7. The van der Waals surface area contributed by atoms with E-state index >= 15 is 0 Å². The summed E-state index contributed by atoms with van der Waals surface area (Å²) in [6, 6.07) is 0. The fraction of sp³-hybridized carbons (Fsp3) is 0.542. The molecule has 11 heteroatoms. The van der Waals surface area contributed by atoms with Crippen LogP contribution in [0.5, 0.6) is 0 Å². The number of hydrogen-bond acceptors (Lipinski definition) is 9. The number of carbonyl (C=O) groups excluding carboxylic acids is 1. The first-order valence-corrected chi connectivity index (χ1v) is 13.4. The fourth-order valence-electron chi connectivity index (χ4n) is 5.36. The van der Waals surface area contributed by atoms with Crippen molar-refractivity contribution in [3.8, 4) is 0 Å². The number of amides is 1. The molecule has 3 N–H and O–H groups in total. The number of primary amides is 1. The van der Waals surface area contributed by atoms with Gasteiger partial charge in [-0.1, -0.05) is 6.08 Å². The van der Waals surface area contributed by atoms with E-state index in [1.807, 2.05) is 20.0 Å². The van der Waals surface area contributed by atoms with Crippen LogP contribution in [0.15, 0.2) is 17.2 Å². The van der Waals surface area contributed by atoms with Crippen molar-refractivity contribution in [2.45, 2.75) is 50.0 Å². The van der Waals surface area contributed by atoms with Crippen LogP contribution in [-0.4, -0.2) is 61.2 Å². The van der Waals surface area contributed by atoms with Crippen molar-refractivity contribution in [1.82, 2.24) is 19.9 Å². The van der Waals surface area contributed by atoms with Crippen LogP contribution in [0.4, 0.5) is 16.6 Å². The maximum Gasteiger partial charge on any atom is 0.404 e. The maximum atomic E-state index is 12.7. The summed E-state index contributed by atoms with van der Waals surface area (Å²) in [5.41, 5.74) is 9.05. The van der Waals surface area contributed by atoms with Gasteiger partial charge in [-0.2, -0.15) is 4.98 Å². The van der Waals surface area contributed by atoms with Gasteiger partial charge in [0.05, 0.1) is 22.0 Å². The Morgan fingerprint density at radius 2 is 2.09 bits per heavy atom. The predicted octanol–water partition coefficient (Wildman–Crippen LogP) is 1.85. The number of aryl methyl sites for hydroxylation is 3. The first-order valence-electron chi connectivity index (χ1n) is 12.1. The molecule has 2 aromatic rings. The molecular formula is C24H29N7O3S. The van der Waals surface area contributed by atoms with E-state index in [4.69, 9.17) is 25.4 Å². The molecule has 35 heavy (non-hydrogen) atoms. The molecule has 1 fully saturated rings. The molecule has 0 unspecified atom stereocenters. The molecule has 2 aromatic heterocycles. The number of anilines is 2. The lowest BCUT2D eigenvalue weighted by Gasteiger charge is -2.28. The molecule has 2 aliphatic carbocycles. The zero-order chi connectivity index (χ0) is 24.3. The second-order valence-electron chi connectivity index (χ2n) is 10.5. The third kappa shape index (κ3) is 4.15. The van der Waals surface area contributed by atoms with Gasteiger partial charge >= 0.3 is 6.09 Å². The number of rotatable bonds is 6. The number of nitrogens with one attached hydrogen (secondary N) is 1. The van der Waals surface area contributed by atoms with Gasteiger partial charge < -0.3 is 20.7 Å². The fourth-order valence-corrected chi connectivity index (χ4v) is 6.66. The van der Waals surface area contributed by atoms with Crippen LogP contribution in [-0.2, 0) is 34.8 Å². The molecule has 4 aliphatic rings. The number of nitrogens with zero attached hydrogens (tertiary/aromatic N) is 5. The maximum absolute atomic E-state index is 12.7. The van der Waals surface area contributed by atoms with E-state index in [9.17, 15) is 9.00 Å². The number of aromatic nitrogens is 4. The summed E-state index contributed by atoms with van der Waals surface area (Å²) in [5.74, 6) is 3.50. The molecule has 10 nitrogen and oxygen atoms in total. The Hall–Kier alpha value is -3.08. The van der Waals surface area contributed by atoms with Crippen molar-refractivity contribution in [1.29, 1.82) is 0 Å². The van der Waals surface area contributed by atoms with Crippen LogP contribution < -0.4 is 16.0 Å². The van der Waals surface area contributed by atoms with Crippen LogP contribution >= 0.6 is 0 Å². The molecule has 3 atom stereocenters. The van der Waals surface area contributed by atoms with Crippen LogP contribution in [0.1, 0.15) is 43.0 Å². The normalized spacial score (nSPS) is 24.3. The third-order valence-electron chi connectivity index (χ3n) is 7.25. The highest BCUT2D eigenvalue weighted by molar-refractivity contribution is 7.85. The highest BCUT2D eigenvalue weighted by atomic mass is 32.2. The predicted molar refractivity (Wildman–Crippen MR) is 131 cm³/mol. The summed E-state index contributed by atoms with van der Waals surface area (Å²) in [5, 5.41) is 3.33. The molecular weight excluding hydrogens is 466 g/mol. The van der Waals surface area contributed by atoms with Gasteiger partial charge in [0.15, 0.2) is 5.82 Å². The molecule has 6 rings (SSSR count). The molecule has 0 spiro atoms. The minimum atomic E-state index is -1.16. The number of hydrogen-bond donors (Lipinski definition) is 2. The SMILES string of the molecule is CC(C)(COC(N)=O)Nc1nc(N2C[C@@H]3CC(c4ncc5c(n4)CC5)=C[C@@H]3C2)nc2c1[S@](=O)CC2. The Morgan fingerprint density at radius 1 is 1.23 bits per heavy atom. The highest BCUT2D eigenvalue weighted by Gasteiger charge is 2.39. The zero-order valence-electron chi connectivity index (χ0n) is 19.9. The van der Waals surface area contributed by atoms with E-state index in [0.29, 0.717) is 40.7 Å². The van der Waals surface area contributed by atoms with Crippen LogP contribution in [0.2, 0.25) is 0 Å². The highest BCUT2D eigenvalue weighted by Crippen LogP contribution is 2.42. The zero-order valence-corrected chi connectivity index (χ0v) is 20.7. The minimum absolute atomic E-state index is 0.0648. The quantitative estimate of drug-likeness (QED) is 0.615. The molecule has 1 amide bonds. The smallest absolute Gasteiger partial charge is 0.404 e. The summed E-state index contributed by atoms with van der Waals surface area (Å²) in [7, 11) is -1.16. The lowest BCUT2D eigenvalue weighted by molar-refractivity contribution is 0.138. The van der Waals surface area contributed by atoms with Crippen LogP contribution in [0.25, 0.3) is 5.57 Å². The Morgan fingerprint density at radius 3 is 2.80 bits per heavy atom. The van der Waals surface area contributed by atoms with E-state index in [-0.39, 0.29) is 6.61 Å². The van der Waals surface area contributed by atoms with Gasteiger partial charge in [0.25, 0.3) is 0 Å². The van der Waals surface area contributed by atoms with Gasteiger partial charge in [-0.3, -0.25) is 4.21 Å². The molecule has 184 valence electrons. The van der Waals surface area contributed by atoms with Crippen molar-refractivity contribution in [2.75, 3.05) is 35.7 Å². The van der Waals surface area contributed by atoms with E-state index < -0.39 is 22.4 Å². The van der Waals surface area contributed by atoms with Gasteiger partial charge in [-0.25, -0.2) is 19.7 Å². The lowest BCUT2D eigenvalue weighted by atomic mass is 9.95. The van der Waals surface area contributed by atoms with E-state index in [0.717, 1.165) is 43.9 Å². The van der Waals surface area contributed by atoms with E-state index in [2.05, 4.69) is 21.3 Å². The van der Waals surface area contributed by atoms with Gasteiger partial charge in [-0.05, 0) is 56.1 Å². The largest absolute Gasteiger partial charge is 0.447 e. The second-order valence-corrected chi connectivity index (χ2v) is 12.0. The molecule has 4 heterocycles. The van der Waals surface area contributed by atoms with Crippen LogP contribution in [0, 0.1) is 11.8 Å². The first-order chi connectivity index (χ1) is 16.8. The average Bonchev–Trinajstić information content (AvgIpc) is 3.46. The van der Waals surface area contributed by atoms with E-state index in [1.165, 1.54) is 16.8 Å². The minimum Gasteiger partial charge on any atom is -0.447 e. The summed E-state index contributed by atoms with van der Waals surface area (Å²) in [6.45, 7) is 5.51. The van der Waals surface area contributed by atoms with Crippen LogP contribution in [0.3, 0.4) is 0 Å². The number of fused-ring (bicyclic) bond motifs is 3. The van der Waals surface area contributed by atoms with Crippen molar-refractivity contribution >= 4 is 34.2 Å². The van der Waals surface area contributed by atoms with Gasteiger partial charge in [0, 0.05) is 37.2 Å². The van der Waals surface area contributed by atoms with E-state index in [1.54, 1.807) is 0 Å². The summed E-state index contributed by atoms with van der Waals surface area (Å²) in [4.78, 5) is 33.0. The van der Waals surface area contributed by atoms with Gasteiger partial charge in [-0.15, -0.1) is 0 Å². The lowest BCUT2D eigenvalue weighted by Crippen LogP contribution is -2.39. The molecule has 0 saturated carbocycles. The Kier molecular flexibility index (Phi) is 5.28. The Bertz CT molecular complexity index is 1280. The molecule has 0 aromatic carbocycles. The number of allylic oxidation sites excluding steroid dienone is 1. The van der Waals surface area contributed by atoms with Crippen molar-refractivity contribution < 1.29 is 13.7 Å². The number of nitrogens with two attached hydrogens (primary N) is 1. The number of carbonyl (C=O) groups is 1. The summed E-state index contributed by atoms with van der Waals surface area (Å²) in [6.07, 6.45) is 7.24. The van der Waals surface area contributed by atoms with Crippen molar-refractivity contribution in [3.63, 3.8) is 0 Å². The molecule has 0 radical (unpaired) electrons. The Balaban J connectivity index is 1.23. The van der Waals surface area contributed by atoms with Crippen molar-refractivity contribution in [3.05, 3.63) is 35.0 Å². The third-order valence-corrected chi connectivity index (χ3v) is 8.71. The van der Waals surface area contributed by atoms with Crippen molar-refractivity contribution in [2.24, 2.45) is 17.6 Å². The van der Waals surface area contributed by atoms with Gasteiger partial charge in [0.2, 0.25) is 5.95 Å². The standard InChI is InChI=1S/C24H29N7O3S/c1-24(2,12-34-22(25)32)30-21-19-18(5-6-35(19)33)28-23(29-21)31-10-15-7-14(8-16(15)11-31)20-26-9-13-3-4-17(13)27-20/h7,9,15-16H,3-6,8,10-12H2,1-2H3,(H2,25,32)(H,28,29,30)/t15-,16+,35-/m1/s1. The van der Waals surface area contributed by atoms with Gasteiger partial charge in [0.1, 0.15) is 17.3 Å². The second kappa shape index (κ2) is 8.25. The first kappa shape index (κ1) is 22.4. The monoisotopic (exact) mass is 495 g/mol. The summed E-state index contributed by atoms with van der Waals surface area (Å²) >= 11 is 0. The Labute approximate surface area is 206 Å². The topological polar surface area (TPSA) is 136 Å². The average molecular weight is 496 g/mol. The molecule has 2 aliphatic heterocycles. The molecule has 1 saturated heterocycles. The number of ether oxygens (including phenoxy) is 1.